The van der Waals surface area contributed by atoms with Gasteiger partial charge in [-0.15, -0.1) is 0 Å². The first-order chi connectivity index (χ1) is 11.0. The van der Waals surface area contributed by atoms with Crippen molar-refractivity contribution in [1.29, 1.82) is 0 Å². The molecule has 0 radical (unpaired) electrons. The summed E-state index contributed by atoms with van der Waals surface area (Å²) in [6.45, 7) is 0.0750. The van der Waals surface area contributed by atoms with Crippen LogP contribution in [-0.4, -0.2) is 58.3 Å². The number of benzene rings is 1. The van der Waals surface area contributed by atoms with Gasteiger partial charge in [-0.05, 0) is 30.7 Å². The van der Waals surface area contributed by atoms with E-state index < -0.39 is 19.1 Å². The quantitative estimate of drug-likeness (QED) is 0.759. The second-order valence-corrected chi connectivity index (χ2v) is 4.99. The van der Waals surface area contributed by atoms with Gasteiger partial charge in [-0.3, -0.25) is 14.5 Å². The minimum atomic E-state index is -1.04. The van der Waals surface area contributed by atoms with E-state index >= 15 is 0 Å². The van der Waals surface area contributed by atoms with E-state index in [0.717, 1.165) is 5.56 Å². The maximum absolute atomic E-state index is 11.6. The number of likely N-dealkylation sites (N-methyl/N-ethyl adjacent to an activating group) is 1. The third-order valence-corrected chi connectivity index (χ3v) is 3.15. The van der Waals surface area contributed by atoms with Crippen LogP contribution in [0.25, 0.3) is 6.08 Å². The van der Waals surface area contributed by atoms with Crippen molar-refractivity contribution in [2.45, 2.75) is 0 Å². The molecule has 1 aromatic rings. The van der Waals surface area contributed by atoms with Crippen LogP contribution in [0.2, 0.25) is 0 Å². The van der Waals surface area contributed by atoms with Crippen molar-refractivity contribution in [3.8, 4) is 11.5 Å². The smallest absolute Gasteiger partial charge is 0.495 e. The minimum absolute atomic E-state index is 0.0375. The van der Waals surface area contributed by atoms with Crippen LogP contribution < -0.4 is 9.47 Å². The number of ether oxygens (including phenoxy) is 2. The van der Waals surface area contributed by atoms with Crippen molar-refractivity contribution in [2.75, 3.05) is 34.4 Å². The highest BCUT2D eigenvalue weighted by molar-refractivity contribution is 6.55. The van der Waals surface area contributed by atoms with Gasteiger partial charge < -0.3 is 18.8 Å². The van der Waals surface area contributed by atoms with Crippen molar-refractivity contribution in [3.63, 3.8) is 0 Å². The Balaban J connectivity index is 2.11. The molecule has 8 heteroatoms. The summed E-state index contributed by atoms with van der Waals surface area (Å²) in [5.74, 6) is 1.77. The number of methoxy groups -OCH3 is 2. The fourth-order valence-electron chi connectivity index (χ4n) is 2.08. The summed E-state index contributed by atoms with van der Waals surface area (Å²) in [4.78, 5) is 24.8. The summed E-state index contributed by atoms with van der Waals surface area (Å²) < 4.78 is 20.6. The highest BCUT2D eigenvalue weighted by Gasteiger charge is 2.29. The molecule has 1 aliphatic rings. The molecule has 0 spiro atoms. The molecule has 7 nitrogen and oxygen atoms in total. The molecule has 0 aliphatic carbocycles. The number of hydrogen-bond donors (Lipinski definition) is 0. The third-order valence-electron chi connectivity index (χ3n) is 3.15. The standard InChI is InChI=1S/C15H18BNO6/c1-17-9-14(18)22-16(23-15(19)10-17)7-6-11-4-5-12(20-2)13(8-11)21-3/h4-8H,9-10H2,1-3H3/b7-6-. The molecule has 0 N–H and O–H groups in total. The highest BCUT2D eigenvalue weighted by Crippen LogP contribution is 2.28. The van der Waals surface area contributed by atoms with Crippen molar-refractivity contribution in [2.24, 2.45) is 0 Å². The Morgan fingerprint density at radius 3 is 2.26 bits per heavy atom. The van der Waals surface area contributed by atoms with E-state index in [1.54, 1.807) is 45.5 Å². The lowest BCUT2D eigenvalue weighted by atomic mass is 9.88. The Kier molecular flexibility index (Phi) is 5.64. The first kappa shape index (κ1) is 16.9. The Hall–Kier alpha value is -2.48. The molecule has 1 heterocycles. The first-order valence-corrected chi connectivity index (χ1v) is 6.99. The lowest BCUT2D eigenvalue weighted by molar-refractivity contribution is -0.145. The molecule has 1 aromatic carbocycles. The minimum Gasteiger partial charge on any atom is -0.495 e. The van der Waals surface area contributed by atoms with Gasteiger partial charge >= 0.3 is 19.1 Å². The van der Waals surface area contributed by atoms with Gasteiger partial charge in [0.15, 0.2) is 11.5 Å². The van der Waals surface area contributed by atoms with E-state index in [1.165, 1.54) is 10.9 Å². The Bertz CT molecular complexity index is 598. The highest BCUT2D eigenvalue weighted by atomic mass is 16.6. The van der Waals surface area contributed by atoms with Gasteiger partial charge in [0.05, 0.1) is 27.3 Å². The molecular weight excluding hydrogens is 301 g/mol. The van der Waals surface area contributed by atoms with Crippen LogP contribution in [0.1, 0.15) is 5.56 Å². The average molecular weight is 319 g/mol. The van der Waals surface area contributed by atoms with E-state index in [0.29, 0.717) is 11.5 Å². The lowest BCUT2D eigenvalue weighted by Crippen LogP contribution is -2.41. The predicted octanol–water partition coefficient (Wildman–Crippen LogP) is 0.776. The molecule has 1 saturated heterocycles. The van der Waals surface area contributed by atoms with Crippen LogP contribution in [0.4, 0.5) is 0 Å². The number of hydrogen-bond acceptors (Lipinski definition) is 7. The molecule has 1 aliphatic heterocycles. The molecule has 0 atom stereocenters. The lowest BCUT2D eigenvalue weighted by Gasteiger charge is -2.21. The normalized spacial score (nSPS) is 16.6. The monoisotopic (exact) mass is 319 g/mol. The Morgan fingerprint density at radius 1 is 1.09 bits per heavy atom. The topological polar surface area (TPSA) is 74.3 Å². The molecule has 1 fully saturated rings. The second-order valence-electron chi connectivity index (χ2n) is 4.99. The average Bonchev–Trinajstić information content (AvgIpc) is 2.50. The largest absolute Gasteiger partial charge is 0.628 e. The summed E-state index contributed by atoms with van der Waals surface area (Å²) in [5, 5.41) is 0. The van der Waals surface area contributed by atoms with Crippen LogP contribution in [0.5, 0.6) is 11.5 Å². The van der Waals surface area contributed by atoms with Crippen molar-refractivity contribution in [3.05, 3.63) is 29.7 Å². The molecule has 2 rings (SSSR count). The maximum atomic E-state index is 11.6. The molecule has 23 heavy (non-hydrogen) atoms. The van der Waals surface area contributed by atoms with Crippen molar-refractivity contribution in [1.82, 2.24) is 4.90 Å². The zero-order valence-electron chi connectivity index (χ0n) is 13.3. The maximum Gasteiger partial charge on any atom is 0.628 e. The van der Waals surface area contributed by atoms with E-state index in [-0.39, 0.29) is 13.1 Å². The van der Waals surface area contributed by atoms with Crippen molar-refractivity contribution < 1.29 is 28.4 Å². The molecule has 0 aromatic heterocycles. The summed E-state index contributed by atoms with van der Waals surface area (Å²) in [5.41, 5.74) is 0.786. The van der Waals surface area contributed by atoms with Gasteiger partial charge in [0, 0.05) is 0 Å². The number of nitrogens with zero attached hydrogens (tertiary/aromatic N) is 1. The number of carbonyl (C=O) groups excluding carboxylic acids is 2. The van der Waals surface area contributed by atoms with Crippen molar-refractivity contribution >= 4 is 25.1 Å². The van der Waals surface area contributed by atoms with Gasteiger partial charge in [-0.25, -0.2) is 0 Å². The van der Waals surface area contributed by atoms with Gasteiger partial charge in [0.1, 0.15) is 0 Å². The molecule has 0 bridgehead atoms. The number of carbonyl (C=O) groups is 2. The van der Waals surface area contributed by atoms with Gasteiger partial charge in [0.2, 0.25) is 0 Å². The van der Waals surface area contributed by atoms with Crippen LogP contribution >= 0.6 is 0 Å². The zero-order valence-corrected chi connectivity index (χ0v) is 13.3. The molecule has 122 valence electrons. The molecule has 0 saturated carbocycles. The van der Waals surface area contributed by atoms with Gasteiger partial charge in [-0.2, -0.15) is 0 Å². The van der Waals surface area contributed by atoms with E-state index in [4.69, 9.17) is 18.8 Å². The van der Waals surface area contributed by atoms with E-state index in [2.05, 4.69) is 0 Å². The van der Waals surface area contributed by atoms with Crippen LogP contribution in [0.15, 0.2) is 24.2 Å². The second kappa shape index (κ2) is 7.69. The summed E-state index contributed by atoms with van der Waals surface area (Å²) in [7, 11) is 3.69. The van der Waals surface area contributed by atoms with E-state index in [9.17, 15) is 9.59 Å². The summed E-state index contributed by atoms with van der Waals surface area (Å²) in [6, 6.07) is 5.32. The third kappa shape index (κ3) is 4.75. The zero-order chi connectivity index (χ0) is 16.8. The van der Waals surface area contributed by atoms with Crippen LogP contribution in [-0.2, 0) is 18.9 Å². The number of rotatable bonds is 4. The molecular formula is C15H18BNO6. The first-order valence-electron chi connectivity index (χ1n) is 6.99. The van der Waals surface area contributed by atoms with Gasteiger partial charge in [0.25, 0.3) is 0 Å². The molecule has 0 amide bonds. The fourth-order valence-corrected chi connectivity index (χ4v) is 2.08. The SMILES string of the molecule is COc1ccc(/C=C\B2OC(=O)CN(C)CC(=O)O2)cc1OC. The Morgan fingerprint density at radius 2 is 1.70 bits per heavy atom. The van der Waals surface area contributed by atoms with Crippen LogP contribution in [0, 0.1) is 0 Å². The van der Waals surface area contributed by atoms with Crippen LogP contribution in [0.3, 0.4) is 0 Å². The summed E-state index contributed by atoms with van der Waals surface area (Å²) >= 11 is 0. The molecule has 0 unspecified atom stereocenters. The van der Waals surface area contributed by atoms with E-state index in [1.807, 2.05) is 0 Å². The van der Waals surface area contributed by atoms with Gasteiger partial charge in [-0.1, -0.05) is 12.1 Å². The summed E-state index contributed by atoms with van der Waals surface area (Å²) in [6.07, 6.45) is 1.68. The fraction of sp³-hybridized carbons (Fsp3) is 0.333. The Labute approximate surface area is 134 Å². The predicted molar refractivity (Wildman–Crippen MR) is 84.0 cm³/mol.